The molecule has 1 aliphatic heterocycles. The highest BCUT2D eigenvalue weighted by Gasteiger charge is 2.16. The van der Waals surface area contributed by atoms with Crippen molar-refractivity contribution in [1.29, 1.82) is 0 Å². The van der Waals surface area contributed by atoms with Gasteiger partial charge in [-0.15, -0.1) is 0 Å². The summed E-state index contributed by atoms with van der Waals surface area (Å²) in [5.41, 5.74) is 1.70. The Morgan fingerprint density at radius 1 is 1.50 bits per heavy atom. The van der Waals surface area contributed by atoms with Crippen LogP contribution in [0.15, 0.2) is 24.5 Å². The van der Waals surface area contributed by atoms with Crippen LogP contribution >= 0.6 is 0 Å². The number of nitrogens with one attached hydrogen (secondary N) is 1. The summed E-state index contributed by atoms with van der Waals surface area (Å²) in [5, 5.41) is 13.3. The van der Waals surface area contributed by atoms with Gasteiger partial charge in [0.2, 0.25) is 0 Å². The molecule has 84 valence electrons. The minimum absolute atomic E-state index is 0.313. The van der Waals surface area contributed by atoms with Crippen molar-refractivity contribution in [2.75, 3.05) is 6.54 Å². The molecule has 0 spiro atoms. The van der Waals surface area contributed by atoms with Gasteiger partial charge in [-0.05, 0) is 31.5 Å². The van der Waals surface area contributed by atoms with E-state index in [4.69, 9.17) is 0 Å². The van der Waals surface area contributed by atoms with Crippen molar-refractivity contribution in [3.05, 3.63) is 24.5 Å². The molecule has 3 rings (SSSR count). The molecule has 2 N–H and O–H groups in total. The number of aromatic nitrogens is 2. The average Bonchev–Trinajstić information content (AvgIpc) is 2.90. The first kappa shape index (κ1) is 9.66. The van der Waals surface area contributed by atoms with E-state index >= 15 is 0 Å². The van der Waals surface area contributed by atoms with E-state index in [1.807, 2.05) is 23.0 Å². The lowest BCUT2D eigenvalue weighted by atomic mass is 10.2. The highest BCUT2D eigenvalue weighted by molar-refractivity contribution is 5.81. The summed E-state index contributed by atoms with van der Waals surface area (Å²) in [6.45, 7) is 1.98. The van der Waals surface area contributed by atoms with Crippen LogP contribution in [0.2, 0.25) is 0 Å². The number of rotatable bonds is 2. The number of nitrogens with zero attached hydrogens (tertiary/aromatic N) is 2. The Labute approximate surface area is 93.9 Å². The summed E-state index contributed by atoms with van der Waals surface area (Å²) in [6, 6.07) is 5.97. The van der Waals surface area contributed by atoms with Crippen molar-refractivity contribution in [1.82, 2.24) is 14.9 Å². The SMILES string of the molecule is Oc1cccc2ncn(CC3CCCN3)c12. The van der Waals surface area contributed by atoms with Gasteiger partial charge in [0.05, 0.1) is 11.8 Å². The lowest BCUT2D eigenvalue weighted by Gasteiger charge is -2.11. The predicted octanol–water partition coefficient (Wildman–Crippen LogP) is 1.49. The van der Waals surface area contributed by atoms with Crippen molar-refractivity contribution in [2.24, 2.45) is 0 Å². The summed E-state index contributed by atoms with van der Waals surface area (Å²) < 4.78 is 2.04. The number of hydrogen-bond donors (Lipinski definition) is 2. The first-order chi connectivity index (χ1) is 7.84. The number of phenolic OH excluding ortho intramolecular Hbond substituents is 1. The van der Waals surface area contributed by atoms with E-state index in [2.05, 4.69) is 10.3 Å². The van der Waals surface area contributed by atoms with Crippen molar-refractivity contribution < 1.29 is 5.11 Å². The fourth-order valence-electron chi connectivity index (χ4n) is 2.40. The maximum Gasteiger partial charge on any atom is 0.141 e. The monoisotopic (exact) mass is 217 g/mol. The molecule has 4 heteroatoms. The second-order valence-corrected chi connectivity index (χ2v) is 4.34. The molecular weight excluding hydrogens is 202 g/mol. The summed E-state index contributed by atoms with van der Waals surface area (Å²) in [5.74, 6) is 0.313. The first-order valence-corrected chi connectivity index (χ1v) is 5.71. The number of para-hydroxylation sites is 1. The number of benzene rings is 1. The molecule has 2 aromatic rings. The Bertz CT molecular complexity index is 500. The molecule has 1 fully saturated rings. The van der Waals surface area contributed by atoms with Crippen LogP contribution < -0.4 is 5.32 Å². The third kappa shape index (κ3) is 1.55. The van der Waals surface area contributed by atoms with E-state index in [0.29, 0.717) is 11.8 Å². The smallest absolute Gasteiger partial charge is 0.141 e. The van der Waals surface area contributed by atoms with E-state index in [-0.39, 0.29) is 0 Å². The van der Waals surface area contributed by atoms with Crippen LogP contribution in [0.5, 0.6) is 5.75 Å². The molecule has 16 heavy (non-hydrogen) atoms. The molecule has 0 bridgehead atoms. The second-order valence-electron chi connectivity index (χ2n) is 4.34. The average molecular weight is 217 g/mol. The van der Waals surface area contributed by atoms with Crippen LogP contribution in [-0.4, -0.2) is 27.2 Å². The first-order valence-electron chi connectivity index (χ1n) is 5.71. The number of phenols is 1. The van der Waals surface area contributed by atoms with Crippen molar-refractivity contribution in [3.8, 4) is 5.75 Å². The van der Waals surface area contributed by atoms with E-state index in [1.54, 1.807) is 6.07 Å². The topological polar surface area (TPSA) is 50.1 Å². The van der Waals surface area contributed by atoms with Gasteiger partial charge in [0.1, 0.15) is 11.3 Å². The van der Waals surface area contributed by atoms with E-state index < -0.39 is 0 Å². The number of hydrogen-bond acceptors (Lipinski definition) is 3. The van der Waals surface area contributed by atoms with Gasteiger partial charge in [0.25, 0.3) is 0 Å². The third-order valence-electron chi connectivity index (χ3n) is 3.20. The Balaban J connectivity index is 1.97. The fraction of sp³-hybridized carbons (Fsp3) is 0.417. The quantitative estimate of drug-likeness (QED) is 0.801. The molecular formula is C12H15N3O. The molecule has 4 nitrogen and oxygen atoms in total. The normalized spacial score (nSPS) is 20.6. The zero-order valence-electron chi connectivity index (χ0n) is 9.06. The van der Waals surface area contributed by atoms with Crippen LogP contribution in [0.1, 0.15) is 12.8 Å². The van der Waals surface area contributed by atoms with E-state index in [9.17, 15) is 5.11 Å². The molecule has 1 aromatic carbocycles. The predicted molar refractivity (Wildman–Crippen MR) is 62.4 cm³/mol. The summed E-state index contributed by atoms with van der Waals surface area (Å²) >= 11 is 0. The molecule has 1 atom stereocenters. The lowest BCUT2D eigenvalue weighted by molar-refractivity contribution is 0.471. The minimum Gasteiger partial charge on any atom is -0.506 e. The van der Waals surface area contributed by atoms with Gasteiger partial charge in [-0.1, -0.05) is 6.07 Å². The van der Waals surface area contributed by atoms with Gasteiger partial charge in [0, 0.05) is 12.6 Å². The van der Waals surface area contributed by atoms with Crippen molar-refractivity contribution in [2.45, 2.75) is 25.4 Å². The molecule has 0 radical (unpaired) electrons. The standard InChI is InChI=1S/C12H15N3O/c16-11-5-1-4-10-12(11)15(8-14-10)7-9-3-2-6-13-9/h1,4-5,8-9,13,16H,2-3,6-7H2. The van der Waals surface area contributed by atoms with E-state index in [1.165, 1.54) is 12.8 Å². The molecule has 1 aliphatic rings. The zero-order chi connectivity index (χ0) is 11.0. The second kappa shape index (κ2) is 3.79. The number of aromatic hydroxyl groups is 1. The van der Waals surface area contributed by atoms with Crippen molar-refractivity contribution >= 4 is 11.0 Å². The molecule has 1 unspecified atom stereocenters. The number of fused-ring (bicyclic) bond motifs is 1. The Morgan fingerprint density at radius 3 is 3.25 bits per heavy atom. The molecule has 0 amide bonds. The molecule has 2 heterocycles. The van der Waals surface area contributed by atoms with Crippen LogP contribution in [0.3, 0.4) is 0 Å². The van der Waals surface area contributed by atoms with Gasteiger partial charge in [-0.25, -0.2) is 4.98 Å². The fourth-order valence-corrected chi connectivity index (χ4v) is 2.40. The Hall–Kier alpha value is -1.55. The summed E-state index contributed by atoms with van der Waals surface area (Å²) in [4.78, 5) is 4.30. The van der Waals surface area contributed by atoms with Gasteiger partial charge < -0.3 is 15.0 Å². The summed E-state index contributed by atoms with van der Waals surface area (Å²) in [7, 11) is 0. The largest absolute Gasteiger partial charge is 0.506 e. The van der Waals surface area contributed by atoms with Gasteiger partial charge in [-0.2, -0.15) is 0 Å². The van der Waals surface area contributed by atoms with Gasteiger partial charge >= 0.3 is 0 Å². The van der Waals surface area contributed by atoms with Gasteiger partial charge in [-0.3, -0.25) is 0 Å². The maximum absolute atomic E-state index is 9.83. The third-order valence-corrected chi connectivity index (χ3v) is 3.20. The highest BCUT2D eigenvalue weighted by Crippen LogP contribution is 2.24. The molecule has 0 aliphatic carbocycles. The van der Waals surface area contributed by atoms with Crippen LogP contribution in [0.4, 0.5) is 0 Å². The maximum atomic E-state index is 9.83. The summed E-state index contributed by atoms with van der Waals surface area (Å²) in [6.07, 6.45) is 4.25. The minimum atomic E-state index is 0.313. The van der Waals surface area contributed by atoms with Crippen LogP contribution in [0.25, 0.3) is 11.0 Å². The lowest BCUT2D eigenvalue weighted by Crippen LogP contribution is -2.26. The van der Waals surface area contributed by atoms with E-state index in [0.717, 1.165) is 24.1 Å². The Morgan fingerprint density at radius 2 is 2.44 bits per heavy atom. The van der Waals surface area contributed by atoms with Gasteiger partial charge in [0.15, 0.2) is 0 Å². The molecule has 0 saturated carbocycles. The highest BCUT2D eigenvalue weighted by atomic mass is 16.3. The molecule has 1 saturated heterocycles. The van der Waals surface area contributed by atoms with Crippen molar-refractivity contribution in [3.63, 3.8) is 0 Å². The number of imidazole rings is 1. The zero-order valence-corrected chi connectivity index (χ0v) is 9.06. The van der Waals surface area contributed by atoms with Crippen LogP contribution in [-0.2, 0) is 6.54 Å². The molecule has 1 aromatic heterocycles. The Kier molecular flexibility index (Phi) is 2.29. The van der Waals surface area contributed by atoms with Crippen LogP contribution in [0, 0.1) is 0 Å².